The summed E-state index contributed by atoms with van der Waals surface area (Å²) in [5, 5.41) is 17.5. The Morgan fingerprint density at radius 2 is 0.980 bits per heavy atom. The Labute approximate surface area is 284 Å². The van der Waals surface area contributed by atoms with Gasteiger partial charge in [-0.2, -0.15) is 5.26 Å². The highest BCUT2D eigenvalue weighted by Crippen LogP contribution is 2.45. The summed E-state index contributed by atoms with van der Waals surface area (Å²) in [5.41, 5.74) is 10.2. The van der Waals surface area contributed by atoms with Gasteiger partial charge < -0.3 is 4.57 Å². The van der Waals surface area contributed by atoms with E-state index in [1.54, 1.807) is 0 Å². The highest BCUT2D eigenvalue weighted by molar-refractivity contribution is 6.21. The molecule has 226 valence electrons. The Balaban J connectivity index is 1.22. The molecule has 3 heteroatoms. The molecule has 0 bridgehead atoms. The average Bonchev–Trinajstić information content (AvgIpc) is 3.51. The zero-order valence-electron chi connectivity index (χ0n) is 26.4. The van der Waals surface area contributed by atoms with Crippen LogP contribution in [0.4, 0.5) is 5.69 Å². The minimum absolute atomic E-state index is 0.541. The number of nitrogens with zero attached hydrogens (tertiary/aromatic N) is 3. The molecular formula is C46H27N3. The maximum atomic E-state index is 10.6. The van der Waals surface area contributed by atoms with Gasteiger partial charge in [-0.1, -0.05) is 133 Å². The first-order chi connectivity index (χ1) is 24.2. The summed E-state index contributed by atoms with van der Waals surface area (Å²) in [6.45, 7) is 8.18. The van der Waals surface area contributed by atoms with Gasteiger partial charge in [0.05, 0.1) is 29.2 Å². The molecule has 49 heavy (non-hydrogen) atoms. The Morgan fingerprint density at radius 1 is 0.469 bits per heavy atom. The molecule has 0 saturated heterocycles. The highest BCUT2D eigenvalue weighted by atomic mass is 15.0. The second kappa shape index (κ2) is 11.4. The average molecular weight is 622 g/mol. The molecule has 1 heterocycles. The number of nitriles is 1. The molecule has 9 rings (SSSR count). The van der Waals surface area contributed by atoms with Crippen LogP contribution in [0.3, 0.4) is 0 Å². The Morgan fingerprint density at radius 3 is 1.55 bits per heavy atom. The van der Waals surface area contributed by atoms with E-state index in [2.05, 4.69) is 155 Å². The van der Waals surface area contributed by atoms with Crippen molar-refractivity contribution in [2.75, 3.05) is 0 Å². The van der Waals surface area contributed by atoms with E-state index in [9.17, 15) is 5.26 Å². The molecule has 0 amide bonds. The third kappa shape index (κ3) is 4.42. The molecule has 0 radical (unpaired) electrons. The molecule has 1 aromatic heterocycles. The third-order valence-electron chi connectivity index (χ3n) is 9.65. The van der Waals surface area contributed by atoms with Crippen LogP contribution in [0.2, 0.25) is 0 Å². The van der Waals surface area contributed by atoms with Crippen molar-refractivity contribution >= 4 is 49.0 Å². The van der Waals surface area contributed by atoms with Crippen LogP contribution in [-0.2, 0) is 0 Å². The summed E-state index contributed by atoms with van der Waals surface area (Å²) in [6.07, 6.45) is 0. The normalized spacial score (nSPS) is 11.2. The van der Waals surface area contributed by atoms with E-state index in [4.69, 9.17) is 6.57 Å². The van der Waals surface area contributed by atoms with Gasteiger partial charge in [0.1, 0.15) is 0 Å². The molecule has 0 aliphatic carbocycles. The summed E-state index contributed by atoms with van der Waals surface area (Å²) < 4.78 is 2.22. The van der Waals surface area contributed by atoms with Crippen LogP contribution >= 0.6 is 0 Å². The van der Waals surface area contributed by atoms with Crippen molar-refractivity contribution in [2.24, 2.45) is 0 Å². The topological polar surface area (TPSA) is 33.1 Å². The first-order valence-electron chi connectivity index (χ1n) is 16.3. The number of hydrogen-bond donors (Lipinski definition) is 0. The fourth-order valence-electron chi connectivity index (χ4n) is 7.55. The summed E-state index contributed by atoms with van der Waals surface area (Å²) in [5.74, 6) is 0. The van der Waals surface area contributed by atoms with Crippen LogP contribution in [0.1, 0.15) is 5.56 Å². The quantitative estimate of drug-likeness (QED) is 0.142. The van der Waals surface area contributed by atoms with Gasteiger partial charge in [0.15, 0.2) is 5.69 Å². The van der Waals surface area contributed by atoms with Gasteiger partial charge in [0.25, 0.3) is 0 Å². The lowest BCUT2D eigenvalue weighted by molar-refractivity contribution is 1.18. The zero-order chi connectivity index (χ0) is 32.9. The maximum Gasteiger partial charge on any atom is 0.196 e. The summed E-state index contributed by atoms with van der Waals surface area (Å²) >= 11 is 0. The second-order valence-electron chi connectivity index (χ2n) is 12.3. The van der Waals surface area contributed by atoms with Crippen molar-refractivity contribution in [3.63, 3.8) is 0 Å². The first kappa shape index (κ1) is 28.3. The molecule has 0 saturated carbocycles. The Kier molecular flexibility index (Phi) is 6.58. The molecule has 8 aromatic carbocycles. The van der Waals surface area contributed by atoms with Crippen LogP contribution in [0.15, 0.2) is 164 Å². The lowest BCUT2D eigenvalue weighted by Crippen LogP contribution is -1.95. The number of para-hydroxylation sites is 2. The molecule has 0 atom stereocenters. The summed E-state index contributed by atoms with van der Waals surface area (Å²) in [7, 11) is 0. The van der Waals surface area contributed by atoms with E-state index < -0.39 is 0 Å². The van der Waals surface area contributed by atoms with Crippen LogP contribution in [0.25, 0.3) is 87.3 Å². The molecule has 0 unspecified atom stereocenters. The van der Waals surface area contributed by atoms with Crippen LogP contribution in [0, 0.1) is 17.9 Å². The van der Waals surface area contributed by atoms with E-state index in [1.165, 1.54) is 16.3 Å². The molecule has 0 spiro atoms. The second-order valence-corrected chi connectivity index (χ2v) is 12.3. The maximum absolute atomic E-state index is 10.6. The van der Waals surface area contributed by atoms with Crippen molar-refractivity contribution in [3.8, 4) is 45.1 Å². The van der Waals surface area contributed by atoms with Crippen molar-refractivity contribution in [3.05, 3.63) is 181 Å². The molecule has 0 aliphatic rings. The van der Waals surface area contributed by atoms with Crippen LogP contribution in [0.5, 0.6) is 0 Å². The minimum Gasteiger partial charge on any atom is -0.311 e. The molecule has 0 aliphatic heterocycles. The number of rotatable bonds is 4. The lowest BCUT2D eigenvalue weighted by Gasteiger charge is -2.19. The minimum atomic E-state index is 0.541. The van der Waals surface area contributed by atoms with Gasteiger partial charge in [-0.15, -0.1) is 0 Å². The zero-order valence-corrected chi connectivity index (χ0v) is 26.4. The Bertz CT molecular complexity index is 2740. The number of aromatic nitrogens is 1. The van der Waals surface area contributed by atoms with E-state index in [1.807, 2.05) is 24.3 Å². The summed E-state index contributed by atoms with van der Waals surface area (Å²) in [4.78, 5) is 3.99. The fraction of sp³-hybridized carbons (Fsp3) is 0. The molecular weight excluding hydrogens is 595 g/mol. The van der Waals surface area contributed by atoms with Crippen molar-refractivity contribution in [1.29, 1.82) is 5.26 Å². The van der Waals surface area contributed by atoms with Gasteiger partial charge in [-0.25, -0.2) is 4.85 Å². The van der Waals surface area contributed by atoms with Gasteiger partial charge in [0, 0.05) is 22.0 Å². The predicted molar refractivity (Wildman–Crippen MR) is 203 cm³/mol. The summed E-state index contributed by atoms with van der Waals surface area (Å²) in [6, 6.07) is 58.8. The Hall–Kier alpha value is -6.94. The molecule has 3 nitrogen and oxygen atoms in total. The van der Waals surface area contributed by atoms with Gasteiger partial charge >= 0.3 is 0 Å². The molecule has 0 fully saturated rings. The van der Waals surface area contributed by atoms with E-state index in [-0.39, 0.29) is 0 Å². The highest BCUT2D eigenvalue weighted by Gasteiger charge is 2.20. The smallest absolute Gasteiger partial charge is 0.196 e. The number of benzene rings is 8. The molecule has 9 aromatic rings. The van der Waals surface area contributed by atoms with Gasteiger partial charge in [-0.05, 0) is 79.7 Å². The predicted octanol–water partition coefficient (Wildman–Crippen LogP) is 12.5. The van der Waals surface area contributed by atoms with Crippen molar-refractivity contribution in [2.45, 2.75) is 0 Å². The fourth-order valence-corrected chi connectivity index (χ4v) is 7.55. The molecule has 0 N–H and O–H groups in total. The largest absolute Gasteiger partial charge is 0.311 e. The monoisotopic (exact) mass is 621 g/mol. The van der Waals surface area contributed by atoms with E-state index in [0.29, 0.717) is 11.3 Å². The van der Waals surface area contributed by atoms with Crippen LogP contribution < -0.4 is 0 Å². The van der Waals surface area contributed by atoms with Crippen molar-refractivity contribution < 1.29 is 0 Å². The van der Waals surface area contributed by atoms with E-state index >= 15 is 0 Å². The third-order valence-corrected chi connectivity index (χ3v) is 9.65. The van der Waals surface area contributed by atoms with Gasteiger partial charge in [-0.3, -0.25) is 0 Å². The lowest BCUT2D eigenvalue weighted by atomic mass is 9.84. The van der Waals surface area contributed by atoms with Crippen LogP contribution in [-0.4, -0.2) is 4.57 Å². The number of hydrogen-bond acceptors (Lipinski definition) is 1. The van der Waals surface area contributed by atoms with E-state index in [0.717, 1.165) is 66.1 Å². The first-order valence-corrected chi connectivity index (χ1v) is 16.3. The van der Waals surface area contributed by atoms with Crippen molar-refractivity contribution in [1.82, 2.24) is 4.57 Å². The SMILES string of the molecule is [C-]#[N+]c1cc(-n2c3ccccc3c3ccccc32)ccc1-c1ccc(-c2c3ccccc3c(-c3ccccc3)c3ccccc23)c(C#N)c1. The van der Waals surface area contributed by atoms with Gasteiger partial charge in [0.2, 0.25) is 0 Å². The standard InChI is InChI=1S/C46H27N3/c1-48-42-28-33(49-43-21-11-9-15-36(43)37-16-10-12-22-44(37)49)24-26-34(42)31-23-25-35(32(27-31)29-47)46-40-19-7-5-17-38(40)45(30-13-3-2-4-14-30)39-18-6-8-20-41(39)46/h2-28H. The number of fused-ring (bicyclic) bond motifs is 5.